The van der Waals surface area contributed by atoms with Crippen LogP contribution in [0.4, 0.5) is 0 Å². The third-order valence-corrected chi connectivity index (χ3v) is 2.38. The van der Waals surface area contributed by atoms with Gasteiger partial charge >= 0.3 is 5.97 Å². The fourth-order valence-corrected chi connectivity index (χ4v) is 1.50. The number of Topliss-reactive ketones (excluding diaryl/α,β-unsaturated/α-hetero) is 2. The first-order valence-corrected chi connectivity index (χ1v) is 5.94. The Labute approximate surface area is 111 Å². The zero-order chi connectivity index (χ0) is 14.3. The summed E-state index contributed by atoms with van der Waals surface area (Å²) in [4.78, 5) is 34.7. The van der Waals surface area contributed by atoms with Crippen LogP contribution >= 0.6 is 0 Å². The molecule has 0 radical (unpaired) electrons. The summed E-state index contributed by atoms with van der Waals surface area (Å²) in [7, 11) is 0. The fourth-order valence-electron chi connectivity index (χ4n) is 1.50. The maximum Gasteiger partial charge on any atom is 0.324 e. The number of hydrogen-bond acceptors (Lipinski definition) is 5. The van der Waals surface area contributed by atoms with Gasteiger partial charge in [0.1, 0.15) is 12.4 Å². The predicted octanol–water partition coefficient (Wildman–Crippen LogP) is 1.40. The summed E-state index contributed by atoms with van der Waals surface area (Å²) in [6.07, 6.45) is 0. The van der Waals surface area contributed by atoms with E-state index in [1.165, 1.54) is 6.92 Å². The predicted molar refractivity (Wildman–Crippen MR) is 67.7 cm³/mol. The normalized spacial score (nSPS) is 11.5. The number of para-hydroxylation sites is 1. The minimum Gasteiger partial charge on any atom is -0.486 e. The highest BCUT2D eigenvalue weighted by atomic mass is 16.5. The zero-order valence-electron chi connectivity index (χ0n) is 10.9. The molecule has 0 aliphatic rings. The van der Waals surface area contributed by atoms with Gasteiger partial charge in [-0.2, -0.15) is 0 Å². The molecule has 1 aromatic rings. The lowest BCUT2D eigenvalue weighted by Crippen LogP contribution is -2.35. The van der Waals surface area contributed by atoms with E-state index in [9.17, 15) is 14.4 Å². The van der Waals surface area contributed by atoms with Gasteiger partial charge in [-0.1, -0.05) is 18.2 Å². The van der Waals surface area contributed by atoms with Gasteiger partial charge in [0.15, 0.2) is 17.5 Å². The van der Waals surface area contributed by atoms with E-state index >= 15 is 0 Å². The van der Waals surface area contributed by atoms with Crippen molar-refractivity contribution in [2.24, 2.45) is 5.92 Å². The van der Waals surface area contributed by atoms with Gasteiger partial charge in [0, 0.05) is 0 Å². The van der Waals surface area contributed by atoms with E-state index in [4.69, 9.17) is 9.47 Å². The van der Waals surface area contributed by atoms with Gasteiger partial charge in [-0.15, -0.1) is 0 Å². The largest absolute Gasteiger partial charge is 0.486 e. The zero-order valence-corrected chi connectivity index (χ0v) is 10.9. The Morgan fingerprint density at radius 1 is 1.16 bits per heavy atom. The first kappa shape index (κ1) is 14.9. The van der Waals surface area contributed by atoms with Gasteiger partial charge < -0.3 is 9.47 Å². The summed E-state index contributed by atoms with van der Waals surface area (Å²) < 4.78 is 9.92. The van der Waals surface area contributed by atoms with Gasteiger partial charge in [-0.05, 0) is 26.0 Å². The minimum atomic E-state index is -1.40. The lowest BCUT2D eigenvalue weighted by Gasteiger charge is -2.12. The molecule has 0 saturated carbocycles. The average molecular weight is 264 g/mol. The van der Waals surface area contributed by atoms with Crippen LogP contribution in [0.2, 0.25) is 0 Å². The molecule has 0 heterocycles. The number of carbonyl (C=O) groups excluding carboxylic acids is 3. The van der Waals surface area contributed by atoms with E-state index in [0.29, 0.717) is 5.75 Å². The number of rotatable bonds is 7. The quantitative estimate of drug-likeness (QED) is 0.550. The van der Waals surface area contributed by atoms with Crippen molar-refractivity contribution in [3.8, 4) is 5.75 Å². The highest BCUT2D eigenvalue weighted by Gasteiger charge is 2.32. The molecule has 0 aliphatic carbocycles. The molecule has 0 saturated heterocycles. The van der Waals surface area contributed by atoms with Crippen molar-refractivity contribution >= 4 is 17.5 Å². The molecule has 19 heavy (non-hydrogen) atoms. The molecule has 1 rings (SSSR count). The highest BCUT2D eigenvalue weighted by molar-refractivity contribution is 6.17. The van der Waals surface area contributed by atoms with E-state index in [1.807, 2.05) is 6.07 Å². The Balaban J connectivity index is 2.63. The van der Waals surface area contributed by atoms with Crippen molar-refractivity contribution in [2.45, 2.75) is 13.8 Å². The van der Waals surface area contributed by atoms with Crippen LogP contribution in [-0.2, 0) is 19.1 Å². The SMILES string of the molecule is CCOC(=O)C(C(C)=O)C(=O)COc1ccccc1. The van der Waals surface area contributed by atoms with Crippen LogP contribution in [0, 0.1) is 5.92 Å². The van der Waals surface area contributed by atoms with Crippen LogP contribution in [-0.4, -0.2) is 30.7 Å². The Morgan fingerprint density at radius 3 is 2.32 bits per heavy atom. The van der Waals surface area contributed by atoms with E-state index in [1.54, 1.807) is 31.2 Å². The standard InChI is InChI=1S/C14H16O5/c1-3-18-14(17)13(10(2)15)12(16)9-19-11-7-5-4-6-8-11/h4-8,13H,3,9H2,1-2H3. The third-order valence-electron chi connectivity index (χ3n) is 2.38. The molecule has 0 aromatic heterocycles. The minimum absolute atomic E-state index is 0.120. The van der Waals surface area contributed by atoms with Gasteiger partial charge in [-0.3, -0.25) is 14.4 Å². The molecule has 0 amide bonds. The van der Waals surface area contributed by atoms with E-state index < -0.39 is 23.5 Å². The molecule has 0 aliphatic heterocycles. The van der Waals surface area contributed by atoms with Crippen LogP contribution in [0.25, 0.3) is 0 Å². The van der Waals surface area contributed by atoms with E-state index in [-0.39, 0.29) is 13.2 Å². The number of benzene rings is 1. The topological polar surface area (TPSA) is 69.7 Å². The van der Waals surface area contributed by atoms with Crippen LogP contribution in [0.1, 0.15) is 13.8 Å². The van der Waals surface area contributed by atoms with Crippen molar-refractivity contribution in [1.29, 1.82) is 0 Å². The lowest BCUT2D eigenvalue weighted by atomic mass is 10.0. The first-order valence-electron chi connectivity index (χ1n) is 5.94. The van der Waals surface area contributed by atoms with Crippen LogP contribution < -0.4 is 4.74 Å². The Hall–Kier alpha value is -2.17. The molecule has 1 atom stereocenters. The molecule has 1 unspecified atom stereocenters. The van der Waals surface area contributed by atoms with Crippen molar-refractivity contribution in [2.75, 3.05) is 13.2 Å². The molecular weight excluding hydrogens is 248 g/mol. The first-order chi connectivity index (χ1) is 9.06. The Morgan fingerprint density at radius 2 is 1.79 bits per heavy atom. The number of ketones is 2. The van der Waals surface area contributed by atoms with Gasteiger partial charge in [0.05, 0.1) is 6.61 Å². The summed E-state index contributed by atoms with van der Waals surface area (Å²) in [6, 6.07) is 8.69. The third kappa shape index (κ3) is 4.54. The van der Waals surface area contributed by atoms with Crippen LogP contribution in [0.15, 0.2) is 30.3 Å². The maximum absolute atomic E-state index is 11.8. The lowest BCUT2D eigenvalue weighted by molar-refractivity contribution is -0.154. The van der Waals surface area contributed by atoms with Crippen molar-refractivity contribution in [3.05, 3.63) is 30.3 Å². The average Bonchev–Trinajstić information content (AvgIpc) is 2.37. The number of esters is 1. The fraction of sp³-hybridized carbons (Fsp3) is 0.357. The van der Waals surface area contributed by atoms with Crippen LogP contribution in [0.3, 0.4) is 0 Å². The molecule has 0 spiro atoms. The number of carbonyl (C=O) groups is 3. The number of hydrogen-bond donors (Lipinski definition) is 0. The summed E-state index contributed by atoms with van der Waals surface area (Å²) in [6.45, 7) is 2.57. The highest BCUT2D eigenvalue weighted by Crippen LogP contribution is 2.10. The smallest absolute Gasteiger partial charge is 0.324 e. The summed E-state index contributed by atoms with van der Waals surface area (Å²) in [5, 5.41) is 0. The van der Waals surface area contributed by atoms with Crippen molar-refractivity contribution in [1.82, 2.24) is 0 Å². The molecular formula is C14H16O5. The number of ether oxygens (including phenoxy) is 2. The molecule has 5 nitrogen and oxygen atoms in total. The van der Waals surface area contributed by atoms with Crippen molar-refractivity contribution in [3.63, 3.8) is 0 Å². The molecule has 5 heteroatoms. The second kappa shape index (κ2) is 7.31. The van der Waals surface area contributed by atoms with E-state index in [0.717, 1.165) is 0 Å². The molecule has 102 valence electrons. The summed E-state index contributed by atoms with van der Waals surface area (Å²) >= 11 is 0. The molecule has 0 bridgehead atoms. The summed E-state index contributed by atoms with van der Waals surface area (Å²) in [5.74, 6) is -2.86. The van der Waals surface area contributed by atoms with Gasteiger partial charge in [0.2, 0.25) is 0 Å². The van der Waals surface area contributed by atoms with Crippen molar-refractivity contribution < 1.29 is 23.9 Å². The van der Waals surface area contributed by atoms with Gasteiger partial charge in [-0.25, -0.2) is 0 Å². The Bertz CT molecular complexity index is 452. The summed E-state index contributed by atoms with van der Waals surface area (Å²) in [5.41, 5.74) is 0. The monoisotopic (exact) mass is 264 g/mol. The second-order valence-corrected chi connectivity index (χ2v) is 3.86. The Kier molecular flexibility index (Phi) is 5.73. The van der Waals surface area contributed by atoms with Crippen LogP contribution in [0.5, 0.6) is 5.75 Å². The molecule has 1 aromatic carbocycles. The van der Waals surface area contributed by atoms with Gasteiger partial charge in [0.25, 0.3) is 0 Å². The molecule has 0 fully saturated rings. The molecule has 0 N–H and O–H groups in total. The maximum atomic E-state index is 11.8. The van der Waals surface area contributed by atoms with E-state index in [2.05, 4.69) is 0 Å². The second-order valence-electron chi connectivity index (χ2n) is 3.86.